The fourth-order valence-corrected chi connectivity index (χ4v) is 4.41. The zero-order chi connectivity index (χ0) is 29.1. The van der Waals surface area contributed by atoms with Crippen LogP contribution in [0, 0.1) is 0 Å². The molecule has 2 unspecified atom stereocenters. The molecule has 0 heterocycles. The molecule has 0 aliphatic heterocycles. The maximum absolute atomic E-state index is 12.9. The van der Waals surface area contributed by atoms with Crippen LogP contribution in [-0.4, -0.2) is 75.3 Å². The molecule has 1 aliphatic rings. The van der Waals surface area contributed by atoms with Crippen LogP contribution in [0.5, 0.6) is 0 Å². The molecule has 1 aliphatic carbocycles. The van der Waals surface area contributed by atoms with Crippen molar-refractivity contribution in [3.8, 4) is 11.1 Å². The van der Waals surface area contributed by atoms with Crippen LogP contribution >= 0.6 is 0 Å². The number of carbonyl (C=O) groups is 5. The molecule has 0 fully saturated rings. The van der Waals surface area contributed by atoms with Crippen LogP contribution in [0.3, 0.4) is 0 Å². The van der Waals surface area contributed by atoms with Gasteiger partial charge in [-0.1, -0.05) is 48.5 Å². The van der Waals surface area contributed by atoms with Gasteiger partial charge >= 0.3 is 24.5 Å². The van der Waals surface area contributed by atoms with Crippen molar-refractivity contribution in [1.29, 1.82) is 0 Å². The Morgan fingerprint density at radius 2 is 1.32 bits per heavy atom. The number of Topliss-reactive ketones (excluding diaryl/α,β-unsaturated/α-hetero) is 2. The lowest BCUT2D eigenvalue weighted by molar-refractivity contribution is -0.142. The van der Waals surface area contributed by atoms with E-state index in [-0.39, 0.29) is 38.2 Å². The molecule has 2 amide bonds. The third kappa shape index (κ3) is 7.64. The van der Waals surface area contributed by atoms with E-state index < -0.39 is 41.6 Å². The molecule has 13 heteroatoms. The summed E-state index contributed by atoms with van der Waals surface area (Å²) >= 11 is 0. The topological polar surface area (TPSA) is 212 Å². The molecule has 0 radical (unpaired) electrons. The summed E-state index contributed by atoms with van der Waals surface area (Å²) in [6.07, 6.45) is -0.950. The van der Waals surface area contributed by atoms with Crippen LogP contribution < -0.4 is 10.6 Å². The Morgan fingerprint density at radius 3 is 1.82 bits per heavy atom. The number of nitrogens with one attached hydrogen (secondary N) is 2. The van der Waals surface area contributed by atoms with Crippen LogP contribution in [0.25, 0.3) is 22.2 Å². The summed E-state index contributed by atoms with van der Waals surface area (Å²) in [7, 11) is 0. The molecule has 206 valence electrons. The van der Waals surface area contributed by atoms with Crippen molar-refractivity contribution in [2.24, 2.45) is 0 Å². The van der Waals surface area contributed by atoms with Gasteiger partial charge in [0.25, 0.3) is 0 Å². The Kier molecular flexibility index (Phi) is 10.3. The third-order valence-corrected chi connectivity index (χ3v) is 6.33. The zero-order valence-corrected chi connectivity index (χ0v) is 21.2. The number of nitrogens with zero attached hydrogens (tertiary/aromatic N) is 4. The lowest BCUT2D eigenvalue weighted by Crippen LogP contribution is -2.52. The summed E-state index contributed by atoms with van der Waals surface area (Å²) in [5, 5.41) is 14.1. The standard InChI is InChI=1S/C27H26N6O7/c28-30-13-16(34)9-11-23(25(36)32-24(26(37)38)12-10-17(35)14-31-29)33-27(39)40-15-22-20-7-3-1-5-18(20)19-6-2-4-8-21(19)22/h1-8,13-14,22-24H,9-12,15H2,(H,32,36)(H,33,39)(H,37,38). The predicted molar refractivity (Wildman–Crippen MR) is 139 cm³/mol. The molecule has 2 aromatic carbocycles. The molecule has 3 rings (SSSR count). The number of hydrogen-bond acceptors (Lipinski definition) is 6. The number of carboxylic acid groups (broad SMARTS) is 1. The highest BCUT2D eigenvalue weighted by atomic mass is 16.5. The summed E-state index contributed by atoms with van der Waals surface area (Å²) in [6, 6.07) is 12.5. The minimum absolute atomic E-state index is 0.0451. The second kappa shape index (κ2) is 14.1. The number of amides is 2. The van der Waals surface area contributed by atoms with Gasteiger partial charge in [0.2, 0.25) is 17.5 Å². The van der Waals surface area contributed by atoms with Gasteiger partial charge in [0.1, 0.15) is 18.7 Å². The van der Waals surface area contributed by atoms with Crippen LogP contribution in [0.1, 0.15) is 42.7 Å². The van der Waals surface area contributed by atoms with Gasteiger partial charge in [0.05, 0.1) is 0 Å². The number of benzene rings is 2. The lowest BCUT2D eigenvalue weighted by Gasteiger charge is -2.21. The molecule has 40 heavy (non-hydrogen) atoms. The van der Waals surface area contributed by atoms with Gasteiger partial charge in [-0.05, 0) is 35.1 Å². The molecule has 13 nitrogen and oxygen atoms in total. The Bertz CT molecular complexity index is 1370. The van der Waals surface area contributed by atoms with E-state index in [0.29, 0.717) is 12.4 Å². The SMILES string of the molecule is [N-]=[N+]=CC(=O)CCC(NC(=O)C(CCC(=O)C=[N+]=[N-])NC(=O)OCC1c2ccccc2-c2ccccc21)C(=O)O. The summed E-state index contributed by atoms with van der Waals surface area (Å²) in [5.74, 6) is -3.92. The van der Waals surface area contributed by atoms with Gasteiger partial charge in [-0.3, -0.25) is 14.4 Å². The Labute approximate surface area is 228 Å². The summed E-state index contributed by atoms with van der Waals surface area (Å²) in [5.41, 5.74) is 21.0. The first-order valence-corrected chi connectivity index (χ1v) is 12.3. The highest BCUT2D eigenvalue weighted by Gasteiger charge is 2.31. The van der Waals surface area contributed by atoms with Crippen molar-refractivity contribution in [1.82, 2.24) is 10.6 Å². The number of alkyl carbamates (subject to hydrolysis) is 1. The summed E-state index contributed by atoms with van der Waals surface area (Å²) < 4.78 is 5.45. The van der Waals surface area contributed by atoms with Crippen LogP contribution in [0.4, 0.5) is 4.79 Å². The summed E-state index contributed by atoms with van der Waals surface area (Å²) in [6.45, 7) is -0.0451. The van der Waals surface area contributed by atoms with Crippen molar-refractivity contribution in [3.63, 3.8) is 0 Å². The Balaban J connectivity index is 1.69. The normalized spacial score (nSPS) is 12.8. The van der Waals surface area contributed by atoms with E-state index in [1.165, 1.54) is 0 Å². The molecular weight excluding hydrogens is 520 g/mol. The average Bonchev–Trinajstić information content (AvgIpc) is 3.25. The smallest absolute Gasteiger partial charge is 0.407 e. The number of carbonyl (C=O) groups excluding carboxylic acids is 4. The minimum Gasteiger partial charge on any atom is -0.480 e. The largest absolute Gasteiger partial charge is 0.480 e. The number of ether oxygens (including phenoxy) is 1. The predicted octanol–water partition coefficient (Wildman–Crippen LogP) is 1.76. The number of carboxylic acids is 1. The van der Waals surface area contributed by atoms with E-state index in [2.05, 4.69) is 20.2 Å². The van der Waals surface area contributed by atoms with Gasteiger partial charge in [0, 0.05) is 18.8 Å². The number of hydrogen-bond donors (Lipinski definition) is 3. The second-order valence-corrected chi connectivity index (χ2v) is 8.92. The third-order valence-electron chi connectivity index (χ3n) is 6.33. The van der Waals surface area contributed by atoms with E-state index in [1.54, 1.807) is 0 Å². The van der Waals surface area contributed by atoms with Crippen molar-refractivity contribution < 1.29 is 43.4 Å². The van der Waals surface area contributed by atoms with Crippen molar-refractivity contribution in [2.45, 2.75) is 43.7 Å². The van der Waals surface area contributed by atoms with E-state index >= 15 is 0 Å². The van der Waals surface area contributed by atoms with Crippen molar-refractivity contribution >= 4 is 42.0 Å². The molecule has 0 spiro atoms. The first-order chi connectivity index (χ1) is 19.2. The molecule has 2 aromatic rings. The van der Waals surface area contributed by atoms with E-state index in [1.807, 2.05) is 48.5 Å². The highest BCUT2D eigenvalue weighted by Crippen LogP contribution is 2.44. The Morgan fingerprint density at radius 1 is 0.825 bits per heavy atom. The van der Waals surface area contributed by atoms with Crippen molar-refractivity contribution in [3.05, 3.63) is 70.7 Å². The van der Waals surface area contributed by atoms with Crippen molar-refractivity contribution in [2.75, 3.05) is 6.61 Å². The maximum Gasteiger partial charge on any atom is 0.407 e. The molecule has 0 saturated heterocycles. The number of ketones is 2. The van der Waals surface area contributed by atoms with Gasteiger partial charge in [0.15, 0.2) is 0 Å². The fraction of sp³-hybridized carbons (Fsp3) is 0.296. The average molecular weight is 547 g/mol. The number of aliphatic carboxylic acids is 1. The quantitative estimate of drug-likeness (QED) is 0.181. The second-order valence-electron chi connectivity index (χ2n) is 8.92. The monoisotopic (exact) mass is 546 g/mol. The van der Waals surface area contributed by atoms with Gasteiger partial charge in [-0.25, -0.2) is 9.59 Å². The van der Waals surface area contributed by atoms with Crippen LogP contribution in [0.15, 0.2) is 48.5 Å². The minimum atomic E-state index is -1.51. The first kappa shape index (κ1) is 29.3. The first-order valence-electron chi connectivity index (χ1n) is 12.3. The van der Waals surface area contributed by atoms with Gasteiger partial charge in [-0.15, -0.1) is 0 Å². The van der Waals surface area contributed by atoms with Gasteiger partial charge in [-0.2, -0.15) is 9.58 Å². The zero-order valence-electron chi connectivity index (χ0n) is 21.2. The van der Waals surface area contributed by atoms with E-state index in [9.17, 15) is 29.1 Å². The van der Waals surface area contributed by atoms with E-state index in [0.717, 1.165) is 22.3 Å². The van der Waals surface area contributed by atoms with Gasteiger partial charge < -0.3 is 31.5 Å². The molecule has 2 atom stereocenters. The van der Waals surface area contributed by atoms with Crippen LogP contribution in [0.2, 0.25) is 0 Å². The number of rotatable bonds is 14. The highest BCUT2D eigenvalue weighted by molar-refractivity contribution is 6.25. The summed E-state index contributed by atoms with van der Waals surface area (Å²) in [4.78, 5) is 65.9. The Hall–Kier alpha value is -5.25. The fourth-order valence-electron chi connectivity index (χ4n) is 4.41. The maximum atomic E-state index is 12.9. The molecule has 0 aromatic heterocycles. The van der Waals surface area contributed by atoms with E-state index in [4.69, 9.17) is 15.8 Å². The molecule has 3 N–H and O–H groups in total. The molecular formula is C27H26N6O7. The van der Waals surface area contributed by atoms with Crippen LogP contribution in [-0.2, 0) is 23.9 Å². The lowest BCUT2D eigenvalue weighted by atomic mass is 9.98. The molecule has 0 saturated carbocycles. The number of fused-ring (bicyclic) bond motifs is 3. The molecule has 0 bridgehead atoms.